The predicted molar refractivity (Wildman–Crippen MR) is 87.8 cm³/mol. The lowest BCUT2D eigenvalue weighted by Gasteiger charge is -2.15. The van der Waals surface area contributed by atoms with Gasteiger partial charge in [0, 0.05) is 23.2 Å². The maximum atomic E-state index is 12.4. The number of nitro benzene ring substituents is 1. The number of aliphatic hydroxyl groups is 1. The van der Waals surface area contributed by atoms with Gasteiger partial charge in [0.25, 0.3) is 5.69 Å². The Kier molecular flexibility index (Phi) is 5.43. The van der Waals surface area contributed by atoms with Crippen molar-refractivity contribution in [3.8, 4) is 0 Å². The molecule has 0 saturated heterocycles. The summed E-state index contributed by atoms with van der Waals surface area (Å²) < 4.78 is 0. The van der Waals surface area contributed by atoms with E-state index < -0.39 is 4.92 Å². The van der Waals surface area contributed by atoms with Crippen molar-refractivity contribution < 1.29 is 14.8 Å². The summed E-state index contributed by atoms with van der Waals surface area (Å²) in [5, 5.41) is 23.4. The molecule has 0 aliphatic carbocycles. The highest BCUT2D eigenvalue weighted by molar-refractivity contribution is 6.09. The highest BCUT2D eigenvalue weighted by atomic mass is 16.6. The van der Waals surface area contributed by atoms with Crippen molar-refractivity contribution in [3.63, 3.8) is 0 Å². The van der Waals surface area contributed by atoms with E-state index in [1.54, 1.807) is 36.4 Å². The van der Waals surface area contributed by atoms with Crippen LogP contribution in [0.1, 0.15) is 29.3 Å². The Morgan fingerprint density at radius 3 is 2.48 bits per heavy atom. The van der Waals surface area contributed by atoms with Gasteiger partial charge in [-0.15, -0.1) is 0 Å². The first-order valence-corrected chi connectivity index (χ1v) is 7.32. The van der Waals surface area contributed by atoms with Crippen LogP contribution in [0.4, 0.5) is 11.4 Å². The van der Waals surface area contributed by atoms with Crippen LogP contribution in [0.15, 0.2) is 48.5 Å². The summed E-state index contributed by atoms with van der Waals surface area (Å²) in [6.07, 6.45) is 0.623. The minimum Gasteiger partial charge on any atom is -0.394 e. The van der Waals surface area contributed by atoms with Crippen molar-refractivity contribution >= 4 is 17.2 Å². The first-order valence-electron chi connectivity index (χ1n) is 7.32. The number of carbonyl (C=O) groups is 1. The summed E-state index contributed by atoms with van der Waals surface area (Å²) >= 11 is 0. The molecule has 2 aromatic carbocycles. The molecule has 6 heteroatoms. The van der Waals surface area contributed by atoms with Crippen LogP contribution in [0.2, 0.25) is 0 Å². The Morgan fingerprint density at radius 1 is 1.22 bits per heavy atom. The Labute approximate surface area is 133 Å². The molecule has 0 fully saturated rings. The number of carbonyl (C=O) groups excluding carboxylic acids is 1. The molecule has 23 heavy (non-hydrogen) atoms. The number of nitrogens with zero attached hydrogens (tertiary/aromatic N) is 1. The summed E-state index contributed by atoms with van der Waals surface area (Å²) in [6, 6.07) is 12.7. The van der Waals surface area contributed by atoms with Crippen LogP contribution in [0.5, 0.6) is 0 Å². The molecule has 0 saturated carbocycles. The van der Waals surface area contributed by atoms with E-state index in [0.717, 1.165) is 0 Å². The van der Waals surface area contributed by atoms with Crippen LogP contribution in [-0.4, -0.2) is 28.5 Å². The van der Waals surface area contributed by atoms with E-state index in [-0.39, 0.29) is 29.7 Å². The summed E-state index contributed by atoms with van der Waals surface area (Å²) in [5.41, 5.74) is 0.842. The quantitative estimate of drug-likeness (QED) is 0.465. The largest absolute Gasteiger partial charge is 0.394 e. The highest BCUT2D eigenvalue weighted by Crippen LogP contribution is 2.27. The predicted octanol–water partition coefficient (Wildman–Crippen LogP) is 3.01. The van der Waals surface area contributed by atoms with Crippen molar-refractivity contribution in [2.75, 3.05) is 11.9 Å². The van der Waals surface area contributed by atoms with E-state index in [1.807, 2.05) is 6.92 Å². The van der Waals surface area contributed by atoms with E-state index in [1.165, 1.54) is 12.1 Å². The van der Waals surface area contributed by atoms with Crippen molar-refractivity contribution in [2.45, 2.75) is 19.4 Å². The molecular formula is C17H18N2O4. The van der Waals surface area contributed by atoms with Gasteiger partial charge in [-0.05, 0) is 18.6 Å². The topological polar surface area (TPSA) is 92.5 Å². The molecule has 0 bridgehead atoms. The summed E-state index contributed by atoms with van der Waals surface area (Å²) in [4.78, 5) is 23.1. The van der Waals surface area contributed by atoms with Gasteiger partial charge in [-0.2, -0.15) is 0 Å². The summed E-state index contributed by atoms with van der Waals surface area (Å²) in [5.74, 6) is -0.269. The van der Waals surface area contributed by atoms with Gasteiger partial charge in [0.15, 0.2) is 5.78 Å². The lowest BCUT2D eigenvalue weighted by molar-refractivity contribution is -0.384. The number of hydrogen-bond acceptors (Lipinski definition) is 5. The first-order chi connectivity index (χ1) is 11.1. The van der Waals surface area contributed by atoms with E-state index in [4.69, 9.17) is 0 Å². The fraction of sp³-hybridized carbons (Fsp3) is 0.235. The SMILES string of the molecule is CC[C@H](CO)Nc1ccc(C(=O)c2ccccc2)cc1[N+](=O)[O-]. The average Bonchev–Trinajstić information content (AvgIpc) is 2.59. The Hall–Kier alpha value is -2.73. The number of ketones is 1. The van der Waals surface area contributed by atoms with E-state index in [0.29, 0.717) is 17.7 Å². The van der Waals surface area contributed by atoms with Gasteiger partial charge in [0.1, 0.15) is 5.69 Å². The van der Waals surface area contributed by atoms with Crippen molar-refractivity contribution in [1.82, 2.24) is 0 Å². The second-order valence-corrected chi connectivity index (χ2v) is 5.12. The van der Waals surface area contributed by atoms with Crippen LogP contribution in [0.3, 0.4) is 0 Å². The molecule has 0 radical (unpaired) electrons. The van der Waals surface area contributed by atoms with E-state index >= 15 is 0 Å². The fourth-order valence-electron chi connectivity index (χ4n) is 2.20. The fourth-order valence-corrected chi connectivity index (χ4v) is 2.20. The maximum Gasteiger partial charge on any atom is 0.293 e. The molecule has 0 aliphatic rings. The number of rotatable bonds is 7. The van der Waals surface area contributed by atoms with Gasteiger partial charge in [-0.3, -0.25) is 14.9 Å². The van der Waals surface area contributed by atoms with Crippen molar-refractivity contribution in [1.29, 1.82) is 0 Å². The minimum atomic E-state index is -0.534. The third-order valence-electron chi connectivity index (χ3n) is 3.57. The third-order valence-corrected chi connectivity index (χ3v) is 3.57. The Balaban J connectivity index is 2.36. The van der Waals surface area contributed by atoms with Crippen LogP contribution >= 0.6 is 0 Å². The second-order valence-electron chi connectivity index (χ2n) is 5.12. The second kappa shape index (κ2) is 7.51. The summed E-state index contributed by atoms with van der Waals surface area (Å²) in [6.45, 7) is 1.74. The normalized spacial score (nSPS) is 11.7. The lowest BCUT2D eigenvalue weighted by Crippen LogP contribution is -2.23. The zero-order chi connectivity index (χ0) is 16.8. The lowest BCUT2D eigenvalue weighted by atomic mass is 10.0. The molecule has 0 heterocycles. The molecule has 0 unspecified atom stereocenters. The van der Waals surface area contributed by atoms with Gasteiger partial charge < -0.3 is 10.4 Å². The molecular weight excluding hydrogens is 296 g/mol. The molecule has 1 atom stereocenters. The molecule has 2 rings (SSSR count). The molecule has 2 aromatic rings. The monoisotopic (exact) mass is 314 g/mol. The Bertz CT molecular complexity index is 697. The smallest absolute Gasteiger partial charge is 0.293 e. The van der Waals surface area contributed by atoms with Crippen LogP contribution in [-0.2, 0) is 0 Å². The van der Waals surface area contributed by atoms with Gasteiger partial charge in [-0.1, -0.05) is 37.3 Å². The number of aliphatic hydroxyl groups excluding tert-OH is 1. The van der Waals surface area contributed by atoms with Gasteiger partial charge in [-0.25, -0.2) is 0 Å². The van der Waals surface area contributed by atoms with Crippen LogP contribution < -0.4 is 5.32 Å². The van der Waals surface area contributed by atoms with E-state index in [2.05, 4.69) is 5.32 Å². The standard InChI is InChI=1S/C17H18N2O4/c1-2-14(11-20)18-15-9-8-13(10-16(15)19(22)23)17(21)12-6-4-3-5-7-12/h3-10,14,18,20H,2,11H2,1H3/t14-/m1/s1. The zero-order valence-corrected chi connectivity index (χ0v) is 12.7. The zero-order valence-electron chi connectivity index (χ0n) is 12.7. The molecule has 2 N–H and O–H groups in total. The van der Waals surface area contributed by atoms with Crippen molar-refractivity contribution in [2.24, 2.45) is 0 Å². The number of benzene rings is 2. The first kappa shape index (κ1) is 16.6. The van der Waals surface area contributed by atoms with Gasteiger partial charge >= 0.3 is 0 Å². The molecule has 0 aliphatic heterocycles. The minimum absolute atomic E-state index is 0.127. The number of hydrogen-bond donors (Lipinski definition) is 2. The molecule has 0 amide bonds. The van der Waals surface area contributed by atoms with Crippen LogP contribution in [0, 0.1) is 10.1 Å². The van der Waals surface area contributed by atoms with Crippen molar-refractivity contribution in [3.05, 3.63) is 69.8 Å². The molecule has 0 spiro atoms. The average molecular weight is 314 g/mol. The van der Waals surface area contributed by atoms with Crippen LogP contribution in [0.25, 0.3) is 0 Å². The maximum absolute atomic E-state index is 12.4. The van der Waals surface area contributed by atoms with E-state index in [9.17, 15) is 20.0 Å². The molecule has 120 valence electrons. The number of nitro groups is 1. The third kappa shape index (κ3) is 3.92. The number of nitrogens with one attached hydrogen (secondary N) is 1. The summed E-state index contributed by atoms with van der Waals surface area (Å²) in [7, 11) is 0. The van der Waals surface area contributed by atoms with Gasteiger partial charge in [0.2, 0.25) is 0 Å². The number of anilines is 1. The Morgan fingerprint density at radius 2 is 1.91 bits per heavy atom. The molecule has 0 aromatic heterocycles. The van der Waals surface area contributed by atoms with Gasteiger partial charge in [0.05, 0.1) is 11.5 Å². The highest BCUT2D eigenvalue weighted by Gasteiger charge is 2.20. The molecule has 6 nitrogen and oxygen atoms in total.